The van der Waals surface area contributed by atoms with Crippen molar-refractivity contribution in [2.45, 2.75) is 38.9 Å². The van der Waals surface area contributed by atoms with Crippen LogP contribution in [0.2, 0.25) is 0 Å². The van der Waals surface area contributed by atoms with E-state index in [1.807, 2.05) is 19.4 Å². The molecule has 0 fully saturated rings. The quantitative estimate of drug-likeness (QED) is 0.378. The highest BCUT2D eigenvalue weighted by Crippen LogP contribution is 2.28. The van der Waals surface area contributed by atoms with Crippen LogP contribution in [0, 0.1) is 5.41 Å². The number of aromatic nitrogens is 2. The van der Waals surface area contributed by atoms with Crippen molar-refractivity contribution in [2.75, 3.05) is 23.6 Å². The molecule has 0 spiro atoms. The molecule has 0 radical (unpaired) electrons. The molecule has 1 unspecified atom stereocenters. The summed E-state index contributed by atoms with van der Waals surface area (Å²) in [4.78, 5) is 10.9. The van der Waals surface area contributed by atoms with Crippen molar-refractivity contribution in [1.82, 2.24) is 9.97 Å². The molecule has 1 aromatic rings. The van der Waals surface area contributed by atoms with E-state index in [-0.39, 0.29) is 5.41 Å². The minimum absolute atomic E-state index is 0.176. The molecule has 1 aromatic heterocycles. The standard InChI is InChI=1S/C12H23N5S/c1-8(12(2,3)4)17(5)10-7-9(16-13)14-11(15-10)18-6/h7-8H,13H2,1-6H3,(H,14,15,16). The Morgan fingerprint density at radius 3 is 2.44 bits per heavy atom. The highest BCUT2D eigenvalue weighted by Gasteiger charge is 2.25. The van der Waals surface area contributed by atoms with Gasteiger partial charge >= 0.3 is 0 Å². The van der Waals surface area contributed by atoms with Gasteiger partial charge in [0.1, 0.15) is 11.6 Å². The lowest BCUT2D eigenvalue weighted by atomic mass is 9.87. The molecule has 1 heterocycles. The molecule has 0 aromatic carbocycles. The van der Waals surface area contributed by atoms with Crippen LogP contribution in [-0.4, -0.2) is 29.3 Å². The van der Waals surface area contributed by atoms with Gasteiger partial charge in [0.05, 0.1) is 0 Å². The fourth-order valence-electron chi connectivity index (χ4n) is 1.54. The van der Waals surface area contributed by atoms with Crippen LogP contribution in [-0.2, 0) is 0 Å². The Kier molecular flexibility index (Phi) is 4.81. The van der Waals surface area contributed by atoms with Gasteiger partial charge in [0.25, 0.3) is 0 Å². The van der Waals surface area contributed by atoms with Crippen molar-refractivity contribution in [3.63, 3.8) is 0 Å². The molecule has 0 aliphatic heterocycles. The second-order valence-corrected chi connectivity index (χ2v) is 6.17. The minimum atomic E-state index is 0.176. The first kappa shape index (κ1) is 15.0. The van der Waals surface area contributed by atoms with Crippen LogP contribution in [0.25, 0.3) is 0 Å². The van der Waals surface area contributed by atoms with Crippen molar-refractivity contribution in [3.8, 4) is 0 Å². The Hall–Kier alpha value is -1.01. The summed E-state index contributed by atoms with van der Waals surface area (Å²) in [6, 6.07) is 2.22. The van der Waals surface area contributed by atoms with E-state index in [2.05, 4.69) is 48.0 Å². The maximum atomic E-state index is 5.44. The van der Waals surface area contributed by atoms with Gasteiger partial charge in [-0.05, 0) is 18.6 Å². The molecule has 1 atom stereocenters. The van der Waals surface area contributed by atoms with Gasteiger partial charge in [-0.1, -0.05) is 32.5 Å². The number of nitrogen functional groups attached to an aromatic ring is 1. The summed E-state index contributed by atoms with van der Waals surface area (Å²) in [6.45, 7) is 8.84. The van der Waals surface area contributed by atoms with Crippen LogP contribution in [0.15, 0.2) is 11.2 Å². The number of nitrogens with zero attached hydrogens (tertiary/aromatic N) is 3. The van der Waals surface area contributed by atoms with E-state index >= 15 is 0 Å². The Labute approximate surface area is 114 Å². The molecule has 6 heteroatoms. The van der Waals surface area contributed by atoms with Crippen molar-refractivity contribution in [2.24, 2.45) is 11.3 Å². The zero-order chi connectivity index (χ0) is 13.9. The summed E-state index contributed by atoms with van der Waals surface area (Å²) in [7, 11) is 2.04. The number of nitrogens with two attached hydrogens (primary N) is 1. The van der Waals surface area contributed by atoms with Crippen LogP contribution in [0.3, 0.4) is 0 Å². The number of rotatable bonds is 4. The van der Waals surface area contributed by atoms with Gasteiger partial charge in [0.15, 0.2) is 5.16 Å². The molecule has 5 nitrogen and oxygen atoms in total. The lowest BCUT2D eigenvalue weighted by molar-refractivity contribution is 0.328. The number of hydrogen-bond donors (Lipinski definition) is 2. The maximum Gasteiger partial charge on any atom is 0.191 e. The third-order valence-corrected chi connectivity index (χ3v) is 3.77. The third kappa shape index (κ3) is 3.49. The number of nitrogens with one attached hydrogen (secondary N) is 1. The molecular formula is C12H23N5S. The van der Waals surface area contributed by atoms with E-state index in [4.69, 9.17) is 5.84 Å². The van der Waals surface area contributed by atoms with Gasteiger partial charge in [-0.15, -0.1) is 0 Å². The van der Waals surface area contributed by atoms with E-state index < -0.39 is 0 Å². The van der Waals surface area contributed by atoms with Crippen LogP contribution < -0.4 is 16.2 Å². The fraction of sp³-hybridized carbons (Fsp3) is 0.667. The Balaban J connectivity index is 3.08. The van der Waals surface area contributed by atoms with Gasteiger partial charge in [-0.3, -0.25) is 0 Å². The van der Waals surface area contributed by atoms with Crippen molar-refractivity contribution < 1.29 is 0 Å². The highest BCUT2D eigenvalue weighted by atomic mass is 32.2. The van der Waals surface area contributed by atoms with E-state index in [0.717, 1.165) is 5.82 Å². The first-order valence-corrected chi connectivity index (χ1v) is 7.14. The van der Waals surface area contributed by atoms with Crippen molar-refractivity contribution in [1.29, 1.82) is 0 Å². The molecule has 3 N–H and O–H groups in total. The molecule has 0 saturated heterocycles. The van der Waals surface area contributed by atoms with Crippen molar-refractivity contribution in [3.05, 3.63) is 6.07 Å². The van der Waals surface area contributed by atoms with Crippen molar-refractivity contribution >= 4 is 23.4 Å². The monoisotopic (exact) mass is 269 g/mol. The van der Waals surface area contributed by atoms with Crippen LogP contribution in [0.4, 0.5) is 11.6 Å². The summed E-state index contributed by atoms with van der Waals surface area (Å²) in [5, 5.41) is 0.716. The normalized spacial score (nSPS) is 13.3. The highest BCUT2D eigenvalue weighted by molar-refractivity contribution is 7.98. The van der Waals surface area contributed by atoms with Gasteiger partial charge in [-0.25, -0.2) is 15.8 Å². The summed E-state index contributed by atoms with van der Waals surface area (Å²) in [6.07, 6.45) is 1.95. The second kappa shape index (κ2) is 5.75. The Morgan fingerprint density at radius 1 is 1.39 bits per heavy atom. The fourth-order valence-corrected chi connectivity index (χ4v) is 1.91. The largest absolute Gasteiger partial charge is 0.356 e. The van der Waals surface area contributed by atoms with Gasteiger partial charge in [0.2, 0.25) is 0 Å². The zero-order valence-corrected chi connectivity index (χ0v) is 12.8. The molecular weight excluding hydrogens is 246 g/mol. The second-order valence-electron chi connectivity index (χ2n) is 5.40. The lowest BCUT2D eigenvalue weighted by Crippen LogP contribution is -2.40. The molecule has 1 rings (SSSR count). The predicted molar refractivity (Wildman–Crippen MR) is 78.9 cm³/mol. The molecule has 0 amide bonds. The first-order chi connectivity index (χ1) is 8.29. The van der Waals surface area contributed by atoms with Gasteiger partial charge < -0.3 is 10.3 Å². The smallest absolute Gasteiger partial charge is 0.191 e. The summed E-state index contributed by atoms with van der Waals surface area (Å²) >= 11 is 1.50. The minimum Gasteiger partial charge on any atom is -0.356 e. The number of thioether (sulfide) groups is 1. The van der Waals surface area contributed by atoms with E-state index in [9.17, 15) is 0 Å². The van der Waals surface area contributed by atoms with E-state index in [1.54, 1.807) is 0 Å². The Morgan fingerprint density at radius 2 is 2.00 bits per heavy atom. The Bertz CT molecular complexity index is 380. The molecule has 0 aliphatic rings. The number of anilines is 2. The van der Waals surface area contributed by atoms with Crippen LogP contribution in [0.5, 0.6) is 0 Å². The molecule has 18 heavy (non-hydrogen) atoms. The van der Waals surface area contributed by atoms with E-state index in [0.29, 0.717) is 17.0 Å². The average molecular weight is 269 g/mol. The third-order valence-electron chi connectivity index (χ3n) is 3.22. The molecule has 102 valence electrons. The molecule has 0 bridgehead atoms. The average Bonchev–Trinajstić information content (AvgIpc) is 2.35. The summed E-state index contributed by atoms with van der Waals surface area (Å²) in [5.41, 5.74) is 2.76. The summed E-state index contributed by atoms with van der Waals surface area (Å²) < 4.78 is 0. The lowest BCUT2D eigenvalue weighted by Gasteiger charge is -2.36. The number of hydrazine groups is 1. The van der Waals surface area contributed by atoms with Crippen LogP contribution in [0.1, 0.15) is 27.7 Å². The first-order valence-electron chi connectivity index (χ1n) is 5.92. The zero-order valence-electron chi connectivity index (χ0n) is 12.0. The maximum absolute atomic E-state index is 5.44. The summed E-state index contributed by atoms with van der Waals surface area (Å²) in [5.74, 6) is 6.95. The predicted octanol–water partition coefficient (Wildman–Crippen LogP) is 2.35. The molecule has 0 aliphatic carbocycles. The molecule has 0 saturated carbocycles. The topological polar surface area (TPSA) is 67.1 Å². The number of hydrogen-bond acceptors (Lipinski definition) is 6. The SMILES string of the molecule is CSc1nc(NN)cc(N(C)C(C)C(C)(C)C)n1. The van der Waals surface area contributed by atoms with Gasteiger partial charge in [0, 0.05) is 19.2 Å². The van der Waals surface area contributed by atoms with Gasteiger partial charge in [-0.2, -0.15) is 0 Å². The van der Waals surface area contributed by atoms with Crippen LogP contribution >= 0.6 is 11.8 Å². The van der Waals surface area contributed by atoms with E-state index in [1.165, 1.54) is 11.8 Å².